The molecule has 2 aromatic rings. The minimum absolute atomic E-state index is 0. The summed E-state index contributed by atoms with van der Waals surface area (Å²) in [5.74, 6) is 0. The highest BCUT2D eigenvalue weighted by Crippen LogP contribution is 2.24. The molecule has 0 amide bonds. The number of nitrogens with two attached hydrogens (primary N) is 1. The van der Waals surface area contributed by atoms with Gasteiger partial charge in [0.15, 0.2) is 0 Å². The largest absolute Gasteiger partial charge is 0.391 e. The third kappa shape index (κ3) is 4.84. The number of hydrogen-bond donors (Lipinski definition) is 2. The lowest BCUT2D eigenvalue weighted by atomic mass is 9.86. The van der Waals surface area contributed by atoms with E-state index < -0.39 is 6.10 Å². The zero-order chi connectivity index (χ0) is 15.5. The van der Waals surface area contributed by atoms with Gasteiger partial charge in [-0.1, -0.05) is 75.4 Å². The van der Waals surface area contributed by atoms with Crippen LogP contribution in [0.4, 0.5) is 0 Å². The fourth-order valence-corrected chi connectivity index (χ4v) is 2.41. The van der Waals surface area contributed by atoms with Gasteiger partial charge < -0.3 is 10.8 Å². The normalized spacial score (nSPS) is 14.0. The minimum Gasteiger partial charge on any atom is -0.391 e. The van der Waals surface area contributed by atoms with E-state index >= 15 is 0 Å². The molecule has 0 unspecified atom stereocenters. The molecule has 0 aromatic heterocycles. The van der Waals surface area contributed by atoms with Gasteiger partial charge in [-0.05, 0) is 22.1 Å². The number of benzene rings is 2. The third-order valence-electron chi connectivity index (χ3n) is 3.86. The molecule has 0 aliphatic rings. The fraction of sp³-hybridized carbons (Fsp3) is 0.368. The van der Waals surface area contributed by atoms with Crippen molar-refractivity contribution in [2.24, 2.45) is 5.73 Å². The highest BCUT2D eigenvalue weighted by Gasteiger charge is 2.19. The van der Waals surface area contributed by atoms with E-state index in [2.05, 4.69) is 32.9 Å². The predicted octanol–water partition coefficient (Wildman–Crippen LogP) is 4.01. The lowest BCUT2D eigenvalue weighted by Gasteiger charge is -2.22. The van der Waals surface area contributed by atoms with Crippen molar-refractivity contribution in [1.29, 1.82) is 0 Å². The Bertz CT molecular complexity index is 560. The van der Waals surface area contributed by atoms with Crippen molar-refractivity contribution >= 4 is 12.4 Å². The van der Waals surface area contributed by atoms with E-state index in [0.717, 1.165) is 11.1 Å². The maximum absolute atomic E-state index is 10.3. The number of hydrogen-bond acceptors (Lipinski definition) is 2. The molecular formula is C19H26ClNO. The molecule has 0 spiro atoms. The van der Waals surface area contributed by atoms with E-state index in [-0.39, 0.29) is 23.9 Å². The van der Waals surface area contributed by atoms with Gasteiger partial charge >= 0.3 is 0 Å². The van der Waals surface area contributed by atoms with Gasteiger partial charge in [0.25, 0.3) is 0 Å². The fourth-order valence-electron chi connectivity index (χ4n) is 2.41. The summed E-state index contributed by atoms with van der Waals surface area (Å²) in [5, 5.41) is 10.3. The van der Waals surface area contributed by atoms with Gasteiger partial charge in [0.05, 0.1) is 12.1 Å². The van der Waals surface area contributed by atoms with Crippen LogP contribution in [0, 0.1) is 0 Å². The van der Waals surface area contributed by atoms with Crippen LogP contribution in [0.2, 0.25) is 0 Å². The third-order valence-corrected chi connectivity index (χ3v) is 3.86. The molecule has 0 aliphatic carbocycles. The van der Waals surface area contributed by atoms with Crippen molar-refractivity contribution in [2.45, 2.75) is 44.8 Å². The Morgan fingerprint density at radius 2 is 1.50 bits per heavy atom. The van der Waals surface area contributed by atoms with Gasteiger partial charge in [-0.25, -0.2) is 0 Å². The summed E-state index contributed by atoms with van der Waals surface area (Å²) in [6.45, 7) is 6.56. The Hall–Kier alpha value is -1.35. The minimum atomic E-state index is -0.576. The second-order valence-electron chi connectivity index (χ2n) is 6.65. The van der Waals surface area contributed by atoms with E-state index in [1.807, 2.05) is 42.5 Å². The second-order valence-corrected chi connectivity index (χ2v) is 6.65. The van der Waals surface area contributed by atoms with Crippen LogP contribution in [-0.2, 0) is 11.8 Å². The maximum Gasteiger partial charge on any atom is 0.0773 e. The van der Waals surface area contributed by atoms with Crippen molar-refractivity contribution in [1.82, 2.24) is 0 Å². The molecule has 0 aliphatic heterocycles. The van der Waals surface area contributed by atoms with E-state index in [0.29, 0.717) is 6.42 Å². The first-order chi connectivity index (χ1) is 9.88. The molecule has 0 fully saturated rings. The van der Waals surface area contributed by atoms with Crippen molar-refractivity contribution in [2.75, 3.05) is 0 Å². The zero-order valence-electron chi connectivity index (χ0n) is 13.5. The van der Waals surface area contributed by atoms with Gasteiger partial charge in [-0.15, -0.1) is 12.4 Å². The molecule has 0 bridgehead atoms. The highest BCUT2D eigenvalue weighted by molar-refractivity contribution is 5.85. The smallest absolute Gasteiger partial charge is 0.0773 e. The summed E-state index contributed by atoms with van der Waals surface area (Å²) in [6, 6.07) is 17.8. The molecule has 22 heavy (non-hydrogen) atoms. The Kier molecular flexibility index (Phi) is 6.61. The molecule has 2 nitrogen and oxygen atoms in total. The van der Waals surface area contributed by atoms with Crippen LogP contribution in [0.3, 0.4) is 0 Å². The first kappa shape index (κ1) is 18.7. The lowest BCUT2D eigenvalue weighted by Crippen LogP contribution is -2.28. The Morgan fingerprint density at radius 1 is 0.955 bits per heavy atom. The first-order valence-electron chi connectivity index (χ1n) is 7.46. The van der Waals surface area contributed by atoms with Crippen LogP contribution in [-0.4, -0.2) is 11.2 Å². The first-order valence-corrected chi connectivity index (χ1v) is 7.46. The molecule has 3 N–H and O–H groups in total. The predicted molar refractivity (Wildman–Crippen MR) is 95.5 cm³/mol. The van der Waals surface area contributed by atoms with Gasteiger partial charge in [0.1, 0.15) is 0 Å². The summed E-state index contributed by atoms with van der Waals surface area (Å²) in [7, 11) is 0. The Morgan fingerprint density at radius 3 is 2.00 bits per heavy atom. The summed E-state index contributed by atoms with van der Waals surface area (Å²) in [5.41, 5.74) is 9.68. The summed E-state index contributed by atoms with van der Waals surface area (Å²) < 4.78 is 0. The number of aliphatic hydroxyl groups excluding tert-OH is 1. The van der Waals surface area contributed by atoms with Crippen LogP contribution < -0.4 is 5.73 Å². The van der Waals surface area contributed by atoms with Crippen LogP contribution in [0.5, 0.6) is 0 Å². The van der Waals surface area contributed by atoms with Gasteiger partial charge in [-0.3, -0.25) is 0 Å². The molecule has 0 radical (unpaired) electrons. The molecule has 2 aromatic carbocycles. The van der Waals surface area contributed by atoms with E-state index in [1.54, 1.807) is 0 Å². The number of halogens is 1. The molecular weight excluding hydrogens is 294 g/mol. The average Bonchev–Trinajstić information content (AvgIpc) is 2.46. The van der Waals surface area contributed by atoms with Crippen LogP contribution in [0.1, 0.15) is 43.5 Å². The highest BCUT2D eigenvalue weighted by atomic mass is 35.5. The molecule has 0 saturated heterocycles. The molecule has 0 saturated carbocycles. The standard InChI is InChI=1S/C19H25NO.ClH/c1-19(2,3)16-11-9-15(10-12-16)18(20)17(21)13-14-7-5-4-6-8-14;/h4-12,17-18,21H,13,20H2,1-3H3;1H/t17-,18+;/m1./s1. The van der Waals surface area contributed by atoms with E-state index in [4.69, 9.17) is 5.73 Å². The second kappa shape index (κ2) is 7.77. The van der Waals surface area contributed by atoms with Crippen molar-refractivity contribution < 1.29 is 5.11 Å². The van der Waals surface area contributed by atoms with Crippen LogP contribution in [0.25, 0.3) is 0 Å². The topological polar surface area (TPSA) is 46.2 Å². The lowest BCUT2D eigenvalue weighted by molar-refractivity contribution is 0.145. The SMILES string of the molecule is CC(C)(C)c1ccc([C@H](N)[C@H](O)Cc2ccccc2)cc1.Cl. The van der Waals surface area contributed by atoms with Crippen molar-refractivity contribution in [3.05, 3.63) is 71.3 Å². The Labute approximate surface area is 139 Å². The Balaban J connectivity index is 0.00000242. The van der Waals surface area contributed by atoms with Crippen LogP contribution in [0.15, 0.2) is 54.6 Å². The molecule has 0 heterocycles. The average molecular weight is 320 g/mol. The number of rotatable bonds is 4. The quantitative estimate of drug-likeness (QED) is 0.894. The van der Waals surface area contributed by atoms with Crippen LogP contribution >= 0.6 is 12.4 Å². The molecule has 3 heteroatoms. The van der Waals surface area contributed by atoms with Crippen molar-refractivity contribution in [3.8, 4) is 0 Å². The summed E-state index contributed by atoms with van der Waals surface area (Å²) in [4.78, 5) is 0. The van der Waals surface area contributed by atoms with E-state index in [1.165, 1.54) is 5.56 Å². The van der Waals surface area contributed by atoms with Gasteiger partial charge in [-0.2, -0.15) is 0 Å². The summed E-state index contributed by atoms with van der Waals surface area (Å²) in [6.07, 6.45) is -0.00358. The van der Waals surface area contributed by atoms with E-state index in [9.17, 15) is 5.11 Å². The molecule has 2 atom stereocenters. The molecule has 120 valence electrons. The van der Waals surface area contributed by atoms with Gasteiger partial charge in [0.2, 0.25) is 0 Å². The summed E-state index contributed by atoms with van der Waals surface area (Å²) >= 11 is 0. The van der Waals surface area contributed by atoms with Crippen molar-refractivity contribution in [3.63, 3.8) is 0 Å². The zero-order valence-corrected chi connectivity index (χ0v) is 14.3. The maximum atomic E-state index is 10.3. The number of aliphatic hydroxyl groups is 1. The molecule has 2 rings (SSSR count). The van der Waals surface area contributed by atoms with Gasteiger partial charge in [0, 0.05) is 6.42 Å². The monoisotopic (exact) mass is 319 g/mol.